The molecular weight excluding hydrogens is 448 g/mol. The fourth-order valence-electron chi connectivity index (χ4n) is 3.40. The Labute approximate surface area is 190 Å². The molecule has 0 N–H and O–H groups in total. The molecule has 2 heterocycles. The van der Waals surface area contributed by atoms with E-state index >= 15 is 0 Å². The summed E-state index contributed by atoms with van der Waals surface area (Å²) in [5, 5.41) is 0.349. The number of hydrogen-bond donors (Lipinski definition) is 0. The number of aryl methyl sites for hydroxylation is 2. The molecule has 6 nitrogen and oxygen atoms in total. The van der Waals surface area contributed by atoms with Crippen molar-refractivity contribution in [1.82, 2.24) is 9.97 Å². The van der Waals surface area contributed by atoms with Gasteiger partial charge >= 0.3 is 0 Å². The number of oxazole rings is 1. The number of hydrogen-bond acceptors (Lipinski definition) is 6. The molecule has 162 valence electrons. The van der Waals surface area contributed by atoms with E-state index in [-0.39, 0.29) is 22.0 Å². The van der Waals surface area contributed by atoms with Crippen molar-refractivity contribution in [3.8, 4) is 11.3 Å². The van der Waals surface area contributed by atoms with Gasteiger partial charge in [0.2, 0.25) is 0 Å². The van der Waals surface area contributed by atoms with E-state index in [1.807, 2.05) is 13.8 Å². The third kappa shape index (κ3) is 4.49. The minimum Gasteiger partial charge on any atom is -0.443 e. The lowest BCUT2D eigenvalue weighted by Crippen LogP contribution is -2.11. The molecule has 0 saturated carbocycles. The van der Waals surface area contributed by atoms with Crippen molar-refractivity contribution < 1.29 is 17.6 Å². The molecule has 2 aromatic carbocycles. The molecule has 0 aliphatic carbocycles. The average molecular weight is 467 g/mol. The van der Waals surface area contributed by atoms with Crippen LogP contribution in [-0.2, 0) is 15.6 Å². The highest BCUT2D eigenvalue weighted by Crippen LogP contribution is 2.27. The van der Waals surface area contributed by atoms with Crippen molar-refractivity contribution in [1.29, 1.82) is 0 Å². The molecule has 2 aromatic heterocycles. The van der Waals surface area contributed by atoms with Gasteiger partial charge in [-0.1, -0.05) is 17.7 Å². The van der Waals surface area contributed by atoms with Crippen molar-refractivity contribution in [2.75, 3.05) is 0 Å². The predicted molar refractivity (Wildman–Crippen MR) is 121 cm³/mol. The fourth-order valence-corrected chi connectivity index (χ4v) is 4.95. The maximum atomic E-state index is 13.1. The highest BCUT2D eigenvalue weighted by molar-refractivity contribution is 7.90. The van der Waals surface area contributed by atoms with E-state index in [1.165, 1.54) is 30.8 Å². The molecule has 32 heavy (non-hydrogen) atoms. The van der Waals surface area contributed by atoms with Crippen LogP contribution < -0.4 is 0 Å². The van der Waals surface area contributed by atoms with Gasteiger partial charge < -0.3 is 4.42 Å². The van der Waals surface area contributed by atoms with Crippen LogP contribution in [-0.4, -0.2) is 24.2 Å². The van der Waals surface area contributed by atoms with Crippen LogP contribution in [0.15, 0.2) is 76.6 Å². The number of carbonyl (C=O) groups excluding carboxylic acids is 1. The summed E-state index contributed by atoms with van der Waals surface area (Å²) in [6, 6.07) is 12.7. The van der Waals surface area contributed by atoms with Gasteiger partial charge in [-0.25, -0.2) is 13.4 Å². The number of rotatable bonds is 6. The third-order valence-corrected chi connectivity index (χ3v) is 6.94. The van der Waals surface area contributed by atoms with Gasteiger partial charge in [0.25, 0.3) is 0 Å². The van der Waals surface area contributed by atoms with Crippen LogP contribution in [0.3, 0.4) is 0 Å². The number of nitrogens with zero attached hydrogens (tertiary/aromatic N) is 2. The number of ketones is 1. The van der Waals surface area contributed by atoms with Gasteiger partial charge in [-0.15, -0.1) is 0 Å². The maximum absolute atomic E-state index is 13.1. The lowest BCUT2D eigenvalue weighted by Gasteiger charge is -2.11. The summed E-state index contributed by atoms with van der Waals surface area (Å²) in [5.41, 5.74) is 3.26. The first-order valence-electron chi connectivity index (χ1n) is 9.72. The van der Waals surface area contributed by atoms with E-state index < -0.39 is 9.84 Å². The molecule has 0 amide bonds. The van der Waals surface area contributed by atoms with Gasteiger partial charge in [-0.2, -0.15) is 0 Å². The molecule has 4 rings (SSSR count). The topological polar surface area (TPSA) is 90.1 Å². The van der Waals surface area contributed by atoms with Crippen molar-refractivity contribution in [2.24, 2.45) is 0 Å². The van der Waals surface area contributed by atoms with Crippen LogP contribution in [0.1, 0.15) is 32.7 Å². The average Bonchev–Trinajstić information content (AvgIpc) is 3.20. The third-order valence-electron chi connectivity index (χ3n) is 5.02. The summed E-state index contributed by atoms with van der Waals surface area (Å²) >= 11 is 6.12. The first kappa shape index (κ1) is 21.9. The molecule has 0 atom stereocenters. The number of aromatic nitrogens is 2. The summed E-state index contributed by atoms with van der Waals surface area (Å²) < 4.78 is 31.6. The van der Waals surface area contributed by atoms with E-state index in [9.17, 15) is 13.2 Å². The van der Waals surface area contributed by atoms with Crippen LogP contribution in [0.5, 0.6) is 0 Å². The zero-order chi connectivity index (χ0) is 22.9. The predicted octanol–water partition coefficient (Wildman–Crippen LogP) is 5.21. The standard InChI is InChI=1S/C24H19ClN2O4S/c1-15-9-19(12-26-11-15)23(28)22-10-20(25)6-3-18(22)13-32(29,30)21-7-4-17(5-8-21)24-16(2)27-14-31-24/h3-12,14H,13H2,1-2H3. The molecule has 0 aliphatic heterocycles. The molecule has 4 aromatic rings. The molecule has 8 heteroatoms. The Hall–Kier alpha value is -3.29. The smallest absolute Gasteiger partial charge is 0.194 e. The summed E-state index contributed by atoms with van der Waals surface area (Å²) in [6.07, 6.45) is 4.45. The molecule has 0 spiro atoms. The SMILES string of the molecule is Cc1cncc(C(=O)c2cc(Cl)ccc2CS(=O)(=O)c2ccc(-c3ocnc3C)cc2)c1. The number of benzene rings is 2. The minimum absolute atomic E-state index is 0.143. The zero-order valence-corrected chi connectivity index (χ0v) is 18.9. The van der Waals surface area contributed by atoms with E-state index in [0.29, 0.717) is 21.9 Å². The number of halogens is 1. The Balaban J connectivity index is 1.66. The maximum Gasteiger partial charge on any atom is 0.194 e. The lowest BCUT2D eigenvalue weighted by molar-refractivity contribution is 0.103. The van der Waals surface area contributed by atoms with Gasteiger partial charge in [0, 0.05) is 34.1 Å². The Kier molecular flexibility index (Phi) is 5.95. The second-order valence-electron chi connectivity index (χ2n) is 7.43. The van der Waals surface area contributed by atoms with Crippen molar-refractivity contribution in [3.05, 3.63) is 100 Å². The Morgan fingerprint density at radius 1 is 1.03 bits per heavy atom. The molecule has 0 aliphatic rings. The van der Waals surface area contributed by atoms with Gasteiger partial charge in [0.05, 0.1) is 16.3 Å². The molecule has 0 unspecified atom stereocenters. The molecular formula is C24H19ClN2O4S. The fraction of sp³-hybridized carbons (Fsp3) is 0.125. The summed E-state index contributed by atoms with van der Waals surface area (Å²) in [5.74, 6) is -0.0816. The van der Waals surface area contributed by atoms with E-state index in [0.717, 1.165) is 16.8 Å². The number of sulfone groups is 1. The largest absolute Gasteiger partial charge is 0.443 e. The van der Waals surface area contributed by atoms with Gasteiger partial charge in [-0.05, 0) is 67.4 Å². The summed E-state index contributed by atoms with van der Waals surface area (Å²) in [6.45, 7) is 3.64. The van der Waals surface area contributed by atoms with Gasteiger partial charge in [0.15, 0.2) is 27.8 Å². The van der Waals surface area contributed by atoms with Crippen molar-refractivity contribution in [3.63, 3.8) is 0 Å². The van der Waals surface area contributed by atoms with Crippen LogP contribution in [0, 0.1) is 13.8 Å². The molecule has 0 saturated heterocycles. The van der Waals surface area contributed by atoms with Crippen LogP contribution >= 0.6 is 11.6 Å². The number of pyridine rings is 1. The Morgan fingerprint density at radius 2 is 1.78 bits per heavy atom. The van der Waals surface area contributed by atoms with Crippen LogP contribution in [0.25, 0.3) is 11.3 Å². The van der Waals surface area contributed by atoms with Crippen LogP contribution in [0.2, 0.25) is 5.02 Å². The Bertz CT molecular complexity index is 1410. The quantitative estimate of drug-likeness (QED) is 0.362. The minimum atomic E-state index is -3.73. The normalized spacial score (nSPS) is 11.5. The second kappa shape index (κ2) is 8.68. The van der Waals surface area contributed by atoms with Crippen molar-refractivity contribution >= 4 is 27.2 Å². The van der Waals surface area contributed by atoms with Crippen LogP contribution in [0.4, 0.5) is 0 Å². The Morgan fingerprint density at radius 3 is 2.44 bits per heavy atom. The van der Waals surface area contributed by atoms with E-state index in [2.05, 4.69) is 9.97 Å². The zero-order valence-electron chi connectivity index (χ0n) is 17.4. The highest BCUT2D eigenvalue weighted by Gasteiger charge is 2.22. The second-order valence-corrected chi connectivity index (χ2v) is 9.86. The summed E-state index contributed by atoms with van der Waals surface area (Å²) in [7, 11) is -3.73. The van der Waals surface area contributed by atoms with E-state index in [1.54, 1.807) is 36.5 Å². The molecule has 0 fully saturated rings. The first-order valence-corrected chi connectivity index (χ1v) is 11.8. The molecule has 0 bridgehead atoms. The number of carbonyl (C=O) groups is 1. The summed E-state index contributed by atoms with van der Waals surface area (Å²) in [4.78, 5) is 21.3. The van der Waals surface area contributed by atoms with E-state index in [4.69, 9.17) is 16.0 Å². The van der Waals surface area contributed by atoms with Gasteiger partial charge in [-0.3, -0.25) is 9.78 Å². The monoisotopic (exact) mass is 466 g/mol. The lowest BCUT2D eigenvalue weighted by atomic mass is 9.99. The molecule has 0 radical (unpaired) electrons. The first-order chi connectivity index (χ1) is 15.2. The van der Waals surface area contributed by atoms with Gasteiger partial charge in [0.1, 0.15) is 0 Å². The van der Waals surface area contributed by atoms with Crippen molar-refractivity contribution in [2.45, 2.75) is 24.5 Å². The highest BCUT2D eigenvalue weighted by atomic mass is 35.5.